The average molecular weight is 356 g/mol. The molecule has 0 bridgehead atoms. The van der Waals surface area contributed by atoms with E-state index >= 15 is 0 Å². The molecule has 1 aliphatic carbocycles. The zero-order valence-electron chi connectivity index (χ0n) is 12.6. The summed E-state index contributed by atoms with van der Waals surface area (Å²) >= 11 is 0. The predicted octanol–water partition coefficient (Wildman–Crippen LogP) is 2.95. The van der Waals surface area contributed by atoms with Gasteiger partial charge in [-0.05, 0) is 31.0 Å². The van der Waals surface area contributed by atoms with Crippen LogP contribution in [0.1, 0.15) is 30.0 Å². The predicted molar refractivity (Wildman–Crippen MR) is 83.2 cm³/mol. The van der Waals surface area contributed by atoms with Crippen LogP contribution in [0.2, 0.25) is 0 Å². The molecule has 0 unspecified atom stereocenters. The number of hydrogen-bond donors (Lipinski definition) is 0. The lowest BCUT2D eigenvalue weighted by molar-refractivity contribution is -0.139. The lowest BCUT2D eigenvalue weighted by Gasteiger charge is -2.12. The summed E-state index contributed by atoms with van der Waals surface area (Å²) in [6.45, 7) is -0.121. The van der Waals surface area contributed by atoms with E-state index in [0.717, 1.165) is 23.6 Å². The second-order valence-electron chi connectivity index (χ2n) is 5.65. The number of rotatable bonds is 5. The van der Waals surface area contributed by atoms with Crippen LogP contribution >= 0.6 is 0 Å². The molecule has 128 valence electrons. The van der Waals surface area contributed by atoms with Gasteiger partial charge in [0.15, 0.2) is 0 Å². The summed E-state index contributed by atoms with van der Waals surface area (Å²) in [5, 5.41) is 4.04. The smallest absolute Gasteiger partial charge is 0.267 e. The number of alkyl halides is 3. The highest BCUT2D eigenvalue weighted by Crippen LogP contribution is 2.40. The Balaban J connectivity index is 1.86. The SMILES string of the molecule is O=c1c(C(F)(F)F)cc(C2CC2)nn1CC[S@](=O)c1ccccc1. The maximum Gasteiger partial charge on any atom is 0.421 e. The molecule has 4 nitrogen and oxygen atoms in total. The molecule has 0 saturated heterocycles. The Kier molecular flexibility index (Phi) is 4.58. The van der Waals surface area contributed by atoms with E-state index in [1.54, 1.807) is 30.3 Å². The van der Waals surface area contributed by atoms with Gasteiger partial charge in [-0.3, -0.25) is 9.00 Å². The topological polar surface area (TPSA) is 52.0 Å². The van der Waals surface area contributed by atoms with E-state index in [2.05, 4.69) is 5.10 Å². The Hall–Kier alpha value is -1.96. The minimum atomic E-state index is -4.72. The Morgan fingerprint density at radius 2 is 1.88 bits per heavy atom. The third kappa shape index (κ3) is 3.75. The minimum absolute atomic E-state index is 0.0161. The first-order valence-electron chi connectivity index (χ1n) is 7.49. The fourth-order valence-corrected chi connectivity index (χ4v) is 3.39. The number of aromatic nitrogens is 2. The molecule has 1 heterocycles. The largest absolute Gasteiger partial charge is 0.421 e. The summed E-state index contributed by atoms with van der Waals surface area (Å²) in [7, 11) is -1.40. The van der Waals surface area contributed by atoms with E-state index in [0.29, 0.717) is 4.90 Å². The Bertz CT molecular complexity index is 814. The normalized spacial score (nSPS) is 16.1. The van der Waals surface area contributed by atoms with Crippen molar-refractivity contribution in [2.75, 3.05) is 5.75 Å². The molecule has 0 radical (unpaired) electrons. The molecule has 2 aromatic rings. The van der Waals surface area contributed by atoms with Crippen molar-refractivity contribution in [2.45, 2.75) is 36.4 Å². The van der Waals surface area contributed by atoms with E-state index < -0.39 is 28.1 Å². The van der Waals surface area contributed by atoms with Crippen molar-refractivity contribution in [3.05, 3.63) is 58.0 Å². The molecule has 0 spiro atoms. The highest BCUT2D eigenvalue weighted by atomic mass is 32.2. The first kappa shape index (κ1) is 16.9. The van der Waals surface area contributed by atoms with E-state index in [4.69, 9.17) is 0 Å². The standard InChI is InChI=1S/C16H15F3N2O2S/c17-16(18,19)13-10-14(11-6-7-11)20-21(15(13)22)8-9-24(23)12-4-2-1-3-5-12/h1-5,10-11H,6-9H2/t24-/m0/s1. The average Bonchev–Trinajstić information content (AvgIpc) is 3.38. The van der Waals surface area contributed by atoms with Crippen molar-refractivity contribution in [1.29, 1.82) is 0 Å². The summed E-state index contributed by atoms with van der Waals surface area (Å²) in [5.41, 5.74) is -2.10. The molecule has 0 N–H and O–H groups in total. The molecule has 0 amide bonds. The van der Waals surface area contributed by atoms with Gasteiger partial charge in [0.05, 0.1) is 23.0 Å². The molecule has 1 aromatic carbocycles. The summed E-state index contributed by atoms with van der Waals surface area (Å²) in [6, 6.07) is 9.44. The summed E-state index contributed by atoms with van der Waals surface area (Å²) in [6.07, 6.45) is -3.17. The third-order valence-corrected chi connectivity index (χ3v) is 5.14. The van der Waals surface area contributed by atoms with Gasteiger partial charge in [-0.25, -0.2) is 4.68 Å². The zero-order valence-corrected chi connectivity index (χ0v) is 13.4. The molecule has 1 fully saturated rings. The van der Waals surface area contributed by atoms with E-state index in [9.17, 15) is 22.2 Å². The minimum Gasteiger partial charge on any atom is -0.267 e. The van der Waals surface area contributed by atoms with Crippen LogP contribution in [0.4, 0.5) is 13.2 Å². The quantitative estimate of drug-likeness (QED) is 0.828. The highest BCUT2D eigenvalue weighted by molar-refractivity contribution is 7.85. The van der Waals surface area contributed by atoms with Gasteiger partial charge in [-0.1, -0.05) is 18.2 Å². The monoisotopic (exact) mass is 356 g/mol. The van der Waals surface area contributed by atoms with Crippen LogP contribution in [0.3, 0.4) is 0 Å². The van der Waals surface area contributed by atoms with Gasteiger partial charge in [0.25, 0.3) is 5.56 Å². The van der Waals surface area contributed by atoms with E-state index in [-0.39, 0.29) is 23.9 Å². The molecule has 24 heavy (non-hydrogen) atoms. The van der Waals surface area contributed by atoms with Crippen LogP contribution in [0.25, 0.3) is 0 Å². The molecular formula is C16H15F3N2O2S. The van der Waals surface area contributed by atoms with Crippen LogP contribution in [0.15, 0.2) is 46.1 Å². The van der Waals surface area contributed by atoms with Crippen molar-refractivity contribution in [3.8, 4) is 0 Å². The van der Waals surface area contributed by atoms with E-state index in [1.165, 1.54) is 0 Å². The molecule has 1 aliphatic rings. The van der Waals surface area contributed by atoms with Crippen molar-refractivity contribution in [1.82, 2.24) is 9.78 Å². The first-order chi connectivity index (χ1) is 11.4. The van der Waals surface area contributed by atoms with Crippen LogP contribution < -0.4 is 5.56 Å². The number of aryl methyl sites for hydroxylation is 1. The Morgan fingerprint density at radius 3 is 2.46 bits per heavy atom. The van der Waals surface area contributed by atoms with E-state index in [1.807, 2.05) is 0 Å². The molecular weight excluding hydrogens is 341 g/mol. The first-order valence-corrected chi connectivity index (χ1v) is 8.81. The molecule has 1 saturated carbocycles. The van der Waals surface area contributed by atoms with Crippen molar-refractivity contribution < 1.29 is 17.4 Å². The summed E-state index contributed by atoms with van der Waals surface area (Å²) in [4.78, 5) is 12.6. The Labute approximate surface area is 138 Å². The molecule has 8 heteroatoms. The fraction of sp³-hybridized carbons (Fsp3) is 0.375. The van der Waals surface area contributed by atoms with Crippen LogP contribution in [0.5, 0.6) is 0 Å². The van der Waals surface area contributed by atoms with Crippen LogP contribution in [0, 0.1) is 0 Å². The van der Waals surface area contributed by atoms with Gasteiger partial charge in [0.2, 0.25) is 0 Å². The lowest BCUT2D eigenvalue weighted by Crippen LogP contribution is -2.32. The fourth-order valence-electron chi connectivity index (χ4n) is 2.36. The second-order valence-corrected chi connectivity index (χ2v) is 7.22. The summed E-state index contributed by atoms with van der Waals surface area (Å²) < 4.78 is 52.2. The molecule has 3 rings (SSSR count). The second kappa shape index (κ2) is 6.51. The zero-order chi connectivity index (χ0) is 17.3. The van der Waals surface area contributed by atoms with Gasteiger partial charge >= 0.3 is 6.18 Å². The van der Waals surface area contributed by atoms with Gasteiger partial charge < -0.3 is 0 Å². The Morgan fingerprint density at radius 1 is 1.21 bits per heavy atom. The van der Waals surface area contributed by atoms with Gasteiger partial charge in [0, 0.05) is 16.6 Å². The maximum absolute atomic E-state index is 13.1. The van der Waals surface area contributed by atoms with Gasteiger partial charge in [-0.2, -0.15) is 18.3 Å². The lowest BCUT2D eigenvalue weighted by atomic mass is 10.2. The summed E-state index contributed by atoms with van der Waals surface area (Å²) in [5.74, 6) is 0.0140. The number of benzene rings is 1. The van der Waals surface area contributed by atoms with Crippen molar-refractivity contribution >= 4 is 10.8 Å². The van der Waals surface area contributed by atoms with Gasteiger partial charge in [0.1, 0.15) is 5.56 Å². The number of hydrogen-bond acceptors (Lipinski definition) is 3. The van der Waals surface area contributed by atoms with Crippen LogP contribution in [-0.2, 0) is 23.5 Å². The van der Waals surface area contributed by atoms with Gasteiger partial charge in [-0.15, -0.1) is 0 Å². The number of nitrogens with zero attached hydrogens (tertiary/aromatic N) is 2. The van der Waals surface area contributed by atoms with Crippen molar-refractivity contribution in [3.63, 3.8) is 0 Å². The molecule has 1 aromatic heterocycles. The highest BCUT2D eigenvalue weighted by Gasteiger charge is 2.37. The van der Waals surface area contributed by atoms with Crippen molar-refractivity contribution in [2.24, 2.45) is 0 Å². The molecule has 0 aliphatic heterocycles. The third-order valence-electron chi connectivity index (χ3n) is 3.79. The van der Waals surface area contributed by atoms with Crippen LogP contribution in [-0.4, -0.2) is 19.7 Å². The maximum atomic E-state index is 13.1. The number of halogens is 3. The molecule has 1 atom stereocenters.